The molecule has 1 aromatic rings. The molecule has 0 spiro atoms. The summed E-state index contributed by atoms with van der Waals surface area (Å²) >= 11 is 6.08. The number of carbonyl (C=O) groups is 2. The van der Waals surface area contributed by atoms with Crippen LogP contribution >= 0.6 is 11.6 Å². The average Bonchev–Trinajstić information content (AvgIpc) is 2.86. The van der Waals surface area contributed by atoms with Crippen LogP contribution in [0.25, 0.3) is 0 Å². The summed E-state index contributed by atoms with van der Waals surface area (Å²) in [7, 11) is 1.73. The zero-order chi connectivity index (χ0) is 17.7. The van der Waals surface area contributed by atoms with Gasteiger partial charge in [-0.2, -0.15) is 0 Å². The molecule has 132 valence electrons. The molecule has 2 amide bonds. The lowest BCUT2D eigenvalue weighted by Gasteiger charge is -2.26. The van der Waals surface area contributed by atoms with Crippen LogP contribution < -0.4 is 11.1 Å². The van der Waals surface area contributed by atoms with Gasteiger partial charge in [0.2, 0.25) is 11.8 Å². The normalized spacial score (nSPS) is 21.8. The number of amides is 2. The number of hydrogen-bond donors (Lipinski definition) is 2. The number of hydrogen-bond acceptors (Lipinski definition) is 3. The lowest BCUT2D eigenvalue weighted by atomic mass is 9.92. The van der Waals surface area contributed by atoms with Crippen LogP contribution in [0, 0.1) is 5.92 Å². The number of carbonyl (C=O) groups excluding carboxylic acids is 2. The molecule has 3 N–H and O–H groups in total. The molecule has 1 aliphatic rings. The second-order valence-electron chi connectivity index (χ2n) is 6.40. The second-order valence-corrected chi connectivity index (χ2v) is 6.83. The molecule has 0 bridgehead atoms. The molecule has 1 aliphatic heterocycles. The van der Waals surface area contributed by atoms with Gasteiger partial charge >= 0.3 is 0 Å². The molecule has 1 heterocycles. The third-order valence-electron chi connectivity index (χ3n) is 4.65. The van der Waals surface area contributed by atoms with Gasteiger partial charge in [-0.1, -0.05) is 43.5 Å². The van der Waals surface area contributed by atoms with Gasteiger partial charge in [-0.25, -0.2) is 0 Å². The predicted octanol–water partition coefficient (Wildman–Crippen LogP) is 2.49. The largest absolute Gasteiger partial charge is 0.352 e. The van der Waals surface area contributed by atoms with Crippen molar-refractivity contribution in [1.82, 2.24) is 10.2 Å². The van der Waals surface area contributed by atoms with E-state index in [0.29, 0.717) is 11.6 Å². The first kappa shape index (κ1) is 18.7. The van der Waals surface area contributed by atoms with Crippen LogP contribution in [0.1, 0.15) is 44.2 Å². The van der Waals surface area contributed by atoms with Crippen molar-refractivity contribution in [1.29, 1.82) is 0 Å². The number of halogens is 1. The molecule has 1 aromatic carbocycles. The first-order chi connectivity index (χ1) is 11.5. The Bertz CT molecular complexity index is 593. The zero-order valence-corrected chi connectivity index (χ0v) is 15.1. The van der Waals surface area contributed by atoms with Gasteiger partial charge in [0.25, 0.3) is 0 Å². The van der Waals surface area contributed by atoms with E-state index in [0.717, 1.165) is 24.8 Å². The topological polar surface area (TPSA) is 75.4 Å². The number of nitrogens with two attached hydrogens (primary N) is 1. The van der Waals surface area contributed by atoms with Gasteiger partial charge in [0.1, 0.15) is 0 Å². The Morgan fingerprint density at radius 2 is 2.25 bits per heavy atom. The van der Waals surface area contributed by atoms with E-state index >= 15 is 0 Å². The first-order valence-corrected chi connectivity index (χ1v) is 8.87. The summed E-state index contributed by atoms with van der Waals surface area (Å²) in [5, 5.41) is 3.62. The van der Waals surface area contributed by atoms with Crippen molar-refractivity contribution in [2.75, 3.05) is 13.6 Å². The van der Waals surface area contributed by atoms with E-state index in [1.807, 2.05) is 18.2 Å². The first-order valence-electron chi connectivity index (χ1n) is 8.49. The molecular formula is C18H26ClN3O2. The van der Waals surface area contributed by atoms with E-state index < -0.39 is 5.92 Å². The number of nitrogens with zero attached hydrogens (tertiary/aromatic N) is 1. The van der Waals surface area contributed by atoms with Crippen molar-refractivity contribution in [3.05, 3.63) is 34.9 Å². The minimum atomic E-state index is -0.420. The van der Waals surface area contributed by atoms with Crippen molar-refractivity contribution in [2.24, 2.45) is 11.7 Å². The summed E-state index contributed by atoms with van der Waals surface area (Å²) in [4.78, 5) is 26.6. The molecular weight excluding hydrogens is 326 g/mol. The average molecular weight is 352 g/mol. The van der Waals surface area contributed by atoms with Crippen LogP contribution in [0.4, 0.5) is 0 Å². The molecule has 0 aliphatic carbocycles. The van der Waals surface area contributed by atoms with Crippen molar-refractivity contribution < 1.29 is 9.59 Å². The van der Waals surface area contributed by atoms with Gasteiger partial charge in [-0.15, -0.1) is 0 Å². The maximum Gasteiger partial charge on any atom is 0.226 e. The Kier molecular flexibility index (Phi) is 6.63. The van der Waals surface area contributed by atoms with E-state index in [2.05, 4.69) is 12.2 Å². The standard InChI is InChI=1S/C18H26ClN3O2/c1-3-4-8-14(11-20)21-18(24)15-10-16(23)22(2)17(15)12-6-5-7-13(19)9-12/h5-7,9,14-15,17H,3-4,8,10-11,20H2,1-2H3,(H,21,24). The fraction of sp³-hybridized carbons (Fsp3) is 0.556. The minimum absolute atomic E-state index is 0.0296. The lowest BCUT2D eigenvalue weighted by Crippen LogP contribution is -2.44. The van der Waals surface area contributed by atoms with E-state index in [4.69, 9.17) is 17.3 Å². The highest BCUT2D eigenvalue weighted by Gasteiger charge is 2.43. The molecule has 0 radical (unpaired) electrons. The van der Waals surface area contributed by atoms with Crippen molar-refractivity contribution >= 4 is 23.4 Å². The van der Waals surface area contributed by atoms with Crippen LogP contribution in [0.3, 0.4) is 0 Å². The molecule has 6 heteroatoms. The van der Waals surface area contributed by atoms with Crippen LogP contribution in [-0.2, 0) is 9.59 Å². The summed E-state index contributed by atoms with van der Waals surface area (Å²) in [5.74, 6) is -0.557. The Hall–Kier alpha value is -1.59. The van der Waals surface area contributed by atoms with Crippen LogP contribution in [0.5, 0.6) is 0 Å². The Morgan fingerprint density at radius 3 is 2.88 bits per heavy atom. The number of nitrogens with one attached hydrogen (secondary N) is 1. The van der Waals surface area contributed by atoms with E-state index in [-0.39, 0.29) is 30.3 Å². The van der Waals surface area contributed by atoms with E-state index in [9.17, 15) is 9.59 Å². The molecule has 1 saturated heterocycles. The molecule has 0 saturated carbocycles. The molecule has 1 fully saturated rings. The summed E-state index contributed by atoms with van der Waals surface area (Å²) < 4.78 is 0. The minimum Gasteiger partial charge on any atom is -0.352 e. The third kappa shape index (κ3) is 4.28. The fourth-order valence-corrected chi connectivity index (χ4v) is 3.46. The Balaban J connectivity index is 2.17. The van der Waals surface area contributed by atoms with Gasteiger partial charge < -0.3 is 16.0 Å². The summed E-state index contributed by atoms with van der Waals surface area (Å²) in [6.07, 6.45) is 3.15. The maximum atomic E-state index is 12.8. The number of likely N-dealkylation sites (tertiary alicyclic amines) is 1. The lowest BCUT2D eigenvalue weighted by molar-refractivity contribution is -0.128. The van der Waals surface area contributed by atoms with Crippen LogP contribution in [0.2, 0.25) is 5.02 Å². The van der Waals surface area contributed by atoms with Crippen LogP contribution in [0.15, 0.2) is 24.3 Å². The van der Waals surface area contributed by atoms with Gasteiger partial charge in [0.15, 0.2) is 0 Å². The summed E-state index contributed by atoms with van der Waals surface area (Å²) in [6, 6.07) is 7.02. The number of rotatable bonds is 7. The van der Waals surface area contributed by atoms with Gasteiger partial charge in [-0.3, -0.25) is 9.59 Å². The third-order valence-corrected chi connectivity index (χ3v) is 4.89. The van der Waals surface area contributed by atoms with E-state index in [1.54, 1.807) is 18.0 Å². The molecule has 5 nitrogen and oxygen atoms in total. The van der Waals surface area contributed by atoms with Gasteiger partial charge in [0, 0.05) is 31.1 Å². The molecule has 3 atom stereocenters. The predicted molar refractivity (Wildman–Crippen MR) is 95.6 cm³/mol. The van der Waals surface area contributed by atoms with Gasteiger partial charge in [-0.05, 0) is 24.1 Å². The highest BCUT2D eigenvalue weighted by atomic mass is 35.5. The van der Waals surface area contributed by atoms with Crippen LogP contribution in [-0.4, -0.2) is 36.3 Å². The van der Waals surface area contributed by atoms with Gasteiger partial charge in [0.05, 0.1) is 12.0 Å². The second kappa shape index (κ2) is 8.49. The summed E-state index contributed by atoms with van der Waals surface area (Å²) in [5.41, 5.74) is 6.65. The van der Waals surface area contributed by atoms with Crippen molar-refractivity contribution in [2.45, 2.75) is 44.7 Å². The monoisotopic (exact) mass is 351 g/mol. The number of unbranched alkanes of at least 4 members (excludes halogenated alkanes) is 1. The Morgan fingerprint density at radius 1 is 1.50 bits per heavy atom. The quantitative estimate of drug-likeness (QED) is 0.792. The molecule has 24 heavy (non-hydrogen) atoms. The van der Waals surface area contributed by atoms with Crippen molar-refractivity contribution in [3.63, 3.8) is 0 Å². The maximum absolute atomic E-state index is 12.8. The summed E-state index contributed by atoms with van der Waals surface area (Å²) in [6.45, 7) is 2.51. The molecule has 2 rings (SSSR count). The highest BCUT2D eigenvalue weighted by molar-refractivity contribution is 6.30. The molecule has 3 unspecified atom stereocenters. The van der Waals surface area contributed by atoms with E-state index in [1.165, 1.54) is 0 Å². The molecule has 0 aromatic heterocycles. The number of benzene rings is 1. The smallest absolute Gasteiger partial charge is 0.226 e. The zero-order valence-electron chi connectivity index (χ0n) is 14.3. The Labute approximate surface area is 148 Å². The highest BCUT2D eigenvalue weighted by Crippen LogP contribution is 2.37. The van der Waals surface area contributed by atoms with Crippen molar-refractivity contribution in [3.8, 4) is 0 Å². The fourth-order valence-electron chi connectivity index (χ4n) is 3.26. The SMILES string of the molecule is CCCCC(CN)NC(=O)C1CC(=O)N(C)C1c1cccc(Cl)c1.